The second-order valence-electron chi connectivity index (χ2n) is 7.28. The fourth-order valence-corrected chi connectivity index (χ4v) is 3.64. The van der Waals surface area contributed by atoms with E-state index in [1.807, 2.05) is 27.0 Å². The Hall–Kier alpha value is -2.18. The number of hydrogen-bond donors (Lipinski definition) is 0. The molecule has 0 spiro atoms. The lowest BCUT2D eigenvalue weighted by molar-refractivity contribution is 0.0842. The quantitative estimate of drug-likeness (QED) is 0.730. The predicted molar refractivity (Wildman–Crippen MR) is 104 cm³/mol. The van der Waals surface area contributed by atoms with Crippen LogP contribution < -0.4 is 4.74 Å². The first kappa shape index (κ1) is 19.6. The summed E-state index contributed by atoms with van der Waals surface area (Å²) in [4.78, 5) is 17.1. The summed E-state index contributed by atoms with van der Waals surface area (Å²) in [5.74, 6) is 0.643. The predicted octanol–water partition coefficient (Wildman–Crippen LogP) is 2.79. The van der Waals surface area contributed by atoms with Crippen LogP contribution in [0.25, 0.3) is 0 Å². The van der Waals surface area contributed by atoms with Gasteiger partial charge in [-0.3, -0.25) is 14.6 Å². The van der Waals surface area contributed by atoms with Crippen LogP contribution in [0.5, 0.6) is 5.75 Å². The number of carbonyl (C=O) groups is 1. The number of aryl methyl sites for hydroxylation is 1. The van der Waals surface area contributed by atoms with E-state index in [-0.39, 0.29) is 11.6 Å². The van der Waals surface area contributed by atoms with Crippen LogP contribution in [0.15, 0.2) is 24.3 Å². The number of ketones is 1. The Morgan fingerprint density at radius 1 is 1.11 bits per heavy atom. The number of methoxy groups -OCH3 is 1. The molecule has 0 N–H and O–H groups in total. The Bertz CT molecular complexity index is 823. The highest BCUT2D eigenvalue weighted by Crippen LogP contribution is 2.22. The third kappa shape index (κ3) is 4.39. The molecule has 1 fully saturated rings. The number of carbonyl (C=O) groups excluding carboxylic acids is 1. The van der Waals surface area contributed by atoms with Gasteiger partial charge in [-0.25, -0.2) is 4.39 Å². The number of hydrogen-bond acceptors (Lipinski definition) is 4. The molecular formula is C21H28FN3O2. The molecule has 0 aliphatic carbocycles. The van der Waals surface area contributed by atoms with Crippen molar-refractivity contribution < 1.29 is 13.9 Å². The number of Topliss-reactive ketones (excluding diaryl/α,β-unsaturated/α-hetero) is 1. The molecule has 27 heavy (non-hydrogen) atoms. The molecule has 1 aliphatic heterocycles. The van der Waals surface area contributed by atoms with Crippen LogP contribution in [0.1, 0.15) is 27.3 Å². The Morgan fingerprint density at radius 3 is 2.37 bits per heavy atom. The van der Waals surface area contributed by atoms with Gasteiger partial charge in [-0.1, -0.05) is 0 Å². The lowest BCUT2D eigenvalue weighted by atomic mass is 10.1. The van der Waals surface area contributed by atoms with Crippen LogP contribution in [0.2, 0.25) is 0 Å². The summed E-state index contributed by atoms with van der Waals surface area (Å²) in [6.45, 7) is 8.46. The standard InChI is InChI=1S/C21H28FN3O2/c1-15-11-19(16(2)23(15)3)20(26)14-25-9-7-24(8-10-25)13-17-12-18(22)5-6-21(17)27-4/h5-6,11-12H,7-10,13-14H2,1-4H3. The molecule has 0 atom stereocenters. The van der Waals surface area contributed by atoms with E-state index < -0.39 is 0 Å². The first-order valence-corrected chi connectivity index (χ1v) is 9.32. The molecule has 146 valence electrons. The minimum atomic E-state index is -0.247. The first-order chi connectivity index (χ1) is 12.9. The molecule has 1 aliphatic rings. The van der Waals surface area contributed by atoms with E-state index in [9.17, 15) is 9.18 Å². The van der Waals surface area contributed by atoms with E-state index in [0.717, 1.165) is 48.7 Å². The van der Waals surface area contributed by atoms with Crippen molar-refractivity contribution in [1.29, 1.82) is 0 Å². The third-order valence-electron chi connectivity index (χ3n) is 5.54. The summed E-state index contributed by atoms with van der Waals surface area (Å²) in [6, 6.07) is 6.60. The van der Waals surface area contributed by atoms with Crippen LogP contribution in [0.3, 0.4) is 0 Å². The average molecular weight is 373 g/mol. The minimum absolute atomic E-state index is 0.177. The molecule has 3 rings (SSSR count). The van der Waals surface area contributed by atoms with E-state index in [1.54, 1.807) is 13.2 Å². The summed E-state index contributed by atoms with van der Waals surface area (Å²) in [5, 5.41) is 0. The number of nitrogens with zero attached hydrogens (tertiary/aromatic N) is 3. The van der Waals surface area contributed by atoms with E-state index in [1.165, 1.54) is 12.1 Å². The van der Waals surface area contributed by atoms with Gasteiger partial charge in [0.25, 0.3) is 0 Å². The normalized spacial score (nSPS) is 15.9. The fourth-order valence-electron chi connectivity index (χ4n) is 3.64. The van der Waals surface area contributed by atoms with Gasteiger partial charge in [-0.15, -0.1) is 0 Å². The number of benzene rings is 1. The molecule has 5 nitrogen and oxygen atoms in total. The summed E-state index contributed by atoms with van der Waals surface area (Å²) in [6.07, 6.45) is 0. The van der Waals surface area contributed by atoms with Crippen molar-refractivity contribution in [3.8, 4) is 5.75 Å². The topological polar surface area (TPSA) is 37.7 Å². The first-order valence-electron chi connectivity index (χ1n) is 9.32. The monoisotopic (exact) mass is 373 g/mol. The number of ether oxygens (including phenoxy) is 1. The molecule has 1 saturated heterocycles. The molecule has 1 aromatic carbocycles. The highest BCUT2D eigenvalue weighted by atomic mass is 19.1. The Balaban J connectivity index is 1.55. The number of aromatic nitrogens is 1. The van der Waals surface area contributed by atoms with E-state index in [2.05, 4.69) is 14.4 Å². The van der Waals surface area contributed by atoms with Crippen LogP contribution in [0, 0.1) is 19.7 Å². The second-order valence-corrected chi connectivity index (χ2v) is 7.28. The van der Waals surface area contributed by atoms with Gasteiger partial charge in [-0.2, -0.15) is 0 Å². The van der Waals surface area contributed by atoms with Gasteiger partial charge in [0, 0.05) is 62.3 Å². The van der Waals surface area contributed by atoms with Gasteiger partial charge in [-0.05, 0) is 38.1 Å². The lowest BCUT2D eigenvalue weighted by Gasteiger charge is -2.34. The zero-order chi connectivity index (χ0) is 19.6. The van der Waals surface area contributed by atoms with E-state index in [0.29, 0.717) is 18.8 Å². The van der Waals surface area contributed by atoms with Crippen molar-refractivity contribution in [3.05, 3.63) is 52.6 Å². The maximum atomic E-state index is 13.5. The summed E-state index contributed by atoms with van der Waals surface area (Å²) >= 11 is 0. The Morgan fingerprint density at radius 2 is 1.78 bits per heavy atom. The van der Waals surface area contributed by atoms with Crippen molar-refractivity contribution in [3.63, 3.8) is 0 Å². The molecule has 0 unspecified atom stereocenters. The number of piperazine rings is 1. The van der Waals surface area contributed by atoms with Crippen LogP contribution in [-0.4, -0.2) is 60.0 Å². The Kier molecular flexibility index (Phi) is 5.97. The van der Waals surface area contributed by atoms with Crippen LogP contribution in [-0.2, 0) is 13.6 Å². The van der Waals surface area contributed by atoms with Crippen molar-refractivity contribution in [2.24, 2.45) is 7.05 Å². The average Bonchev–Trinajstić information content (AvgIpc) is 2.91. The van der Waals surface area contributed by atoms with Crippen LogP contribution in [0.4, 0.5) is 4.39 Å². The van der Waals surface area contributed by atoms with Gasteiger partial charge in [0.15, 0.2) is 5.78 Å². The van der Waals surface area contributed by atoms with Gasteiger partial charge in [0.05, 0.1) is 13.7 Å². The second kappa shape index (κ2) is 8.23. The SMILES string of the molecule is COc1ccc(F)cc1CN1CCN(CC(=O)c2cc(C)n(C)c2C)CC1. The van der Waals surface area contributed by atoms with Crippen LogP contribution >= 0.6 is 0 Å². The lowest BCUT2D eigenvalue weighted by Crippen LogP contribution is -2.47. The van der Waals surface area contributed by atoms with Gasteiger partial charge in [0.1, 0.15) is 11.6 Å². The summed E-state index contributed by atoms with van der Waals surface area (Å²) in [7, 11) is 3.59. The smallest absolute Gasteiger partial charge is 0.178 e. The van der Waals surface area contributed by atoms with E-state index in [4.69, 9.17) is 4.74 Å². The molecule has 0 amide bonds. The van der Waals surface area contributed by atoms with Crippen molar-refractivity contribution in [2.75, 3.05) is 39.8 Å². The summed E-state index contributed by atoms with van der Waals surface area (Å²) in [5.41, 5.74) is 3.80. The fraction of sp³-hybridized carbons (Fsp3) is 0.476. The minimum Gasteiger partial charge on any atom is -0.496 e. The van der Waals surface area contributed by atoms with Gasteiger partial charge >= 0.3 is 0 Å². The molecule has 1 aromatic heterocycles. The van der Waals surface area contributed by atoms with Crippen molar-refractivity contribution >= 4 is 5.78 Å². The summed E-state index contributed by atoms with van der Waals surface area (Å²) < 4.78 is 20.9. The maximum Gasteiger partial charge on any atom is 0.178 e. The molecule has 6 heteroatoms. The highest BCUT2D eigenvalue weighted by Gasteiger charge is 2.22. The van der Waals surface area contributed by atoms with Gasteiger partial charge in [0.2, 0.25) is 0 Å². The highest BCUT2D eigenvalue weighted by molar-refractivity contribution is 5.99. The number of rotatable bonds is 6. The molecule has 0 saturated carbocycles. The molecular weight excluding hydrogens is 345 g/mol. The largest absolute Gasteiger partial charge is 0.496 e. The third-order valence-corrected chi connectivity index (χ3v) is 5.54. The van der Waals surface area contributed by atoms with Gasteiger partial charge < -0.3 is 9.30 Å². The zero-order valence-electron chi connectivity index (χ0n) is 16.6. The molecule has 2 heterocycles. The van der Waals surface area contributed by atoms with Crippen molar-refractivity contribution in [2.45, 2.75) is 20.4 Å². The van der Waals surface area contributed by atoms with Crippen molar-refractivity contribution in [1.82, 2.24) is 14.4 Å². The Labute approximate surface area is 160 Å². The molecule has 0 radical (unpaired) electrons. The molecule has 2 aromatic rings. The zero-order valence-corrected chi connectivity index (χ0v) is 16.6. The maximum absolute atomic E-state index is 13.5. The number of halogens is 1. The van der Waals surface area contributed by atoms with E-state index >= 15 is 0 Å². The molecule has 0 bridgehead atoms.